The monoisotopic (exact) mass is 199 g/mol. The predicted octanol–water partition coefficient (Wildman–Crippen LogP) is -0.259. The fourth-order valence-electron chi connectivity index (χ4n) is 1.19. The van der Waals surface area contributed by atoms with Gasteiger partial charge in [-0.2, -0.15) is 0 Å². The van der Waals surface area contributed by atoms with Crippen LogP contribution in [0.1, 0.15) is 19.8 Å². The Kier molecular flexibility index (Phi) is 3.76. The zero-order chi connectivity index (χ0) is 10.6. The SMILES string of the molecule is CC(=O)CCN1C(=O)CCOCC1=O. The minimum atomic E-state index is -0.353. The van der Waals surface area contributed by atoms with Crippen LogP contribution in [-0.4, -0.2) is 42.3 Å². The largest absolute Gasteiger partial charge is 0.371 e. The van der Waals surface area contributed by atoms with Gasteiger partial charge in [-0.1, -0.05) is 0 Å². The van der Waals surface area contributed by atoms with Crippen LogP contribution in [0.4, 0.5) is 0 Å². The summed E-state index contributed by atoms with van der Waals surface area (Å²) >= 11 is 0. The number of Topliss-reactive ketones (excluding diaryl/α,β-unsaturated/α-hetero) is 1. The molecule has 0 aromatic heterocycles. The standard InChI is InChI=1S/C9H13NO4/c1-7(11)2-4-10-8(12)3-5-14-6-9(10)13/h2-6H2,1H3. The van der Waals surface area contributed by atoms with E-state index in [1.807, 2.05) is 0 Å². The summed E-state index contributed by atoms with van der Waals surface area (Å²) in [5.74, 6) is -0.640. The van der Waals surface area contributed by atoms with Crippen molar-refractivity contribution in [3.05, 3.63) is 0 Å². The van der Waals surface area contributed by atoms with Gasteiger partial charge < -0.3 is 4.74 Å². The van der Waals surface area contributed by atoms with Gasteiger partial charge >= 0.3 is 0 Å². The number of ketones is 1. The van der Waals surface area contributed by atoms with Gasteiger partial charge in [-0.3, -0.25) is 19.3 Å². The van der Waals surface area contributed by atoms with Gasteiger partial charge in [-0.05, 0) is 6.92 Å². The van der Waals surface area contributed by atoms with E-state index in [1.54, 1.807) is 0 Å². The minimum Gasteiger partial charge on any atom is -0.371 e. The van der Waals surface area contributed by atoms with Gasteiger partial charge in [-0.15, -0.1) is 0 Å². The van der Waals surface area contributed by atoms with Crippen LogP contribution in [0.5, 0.6) is 0 Å². The van der Waals surface area contributed by atoms with Crippen molar-refractivity contribution in [2.24, 2.45) is 0 Å². The van der Waals surface area contributed by atoms with Crippen molar-refractivity contribution < 1.29 is 19.1 Å². The summed E-state index contributed by atoms with van der Waals surface area (Å²) in [6.45, 7) is 1.82. The van der Waals surface area contributed by atoms with E-state index >= 15 is 0 Å². The van der Waals surface area contributed by atoms with Crippen molar-refractivity contribution in [2.45, 2.75) is 19.8 Å². The number of hydrogen-bond acceptors (Lipinski definition) is 4. The number of imide groups is 1. The molecule has 1 aliphatic heterocycles. The Bertz CT molecular complexity index is 244. The summed E-state index contributed by atoms with van der Waals surface area (Å²) in [5.41, 5.74) is 0. The third-order valence-electron chi connectivity index (χ3n) is 1.98. The molecular formula is C9H13NO4. The van der Waals surface area contributed by atoms with Crippen LogP contribution in [0.25, 0.3) is 0 Å². The topological polar surface area (TPSA) is 63.7 Å². The molecule has 1 aliphatic rings. The molecule has 14 heavy (non-hydrogen) atoms. The van der Waals surface area contributed by atoms with E-state index in [9.17, 15) is 14.4 Å². The number of hydrogen-bond donors (Lipinski definition) is 0. The van der Waals surface area contributed by atoms with Crippen LogP contribution in [0.3, 0.4) is 0 Å². The molecule has 0 N–H and O–H groups in total. The van der Waals surface area contributed by atoms with Crippen molar-refractivity contribution >= 4 is 17.6 Å². The molecule has 0 spiro atoms. The first kappa shape index (κ1) is 10.8. The van der Waals surface area contributed by atoms with E-state index < -0.39 is 0 Å². The van der Waals surface area contributed by atoms with Gasteiger partial charge in [0, 0.05) is 13.0 Å². The van der Waals surface area contributed by atoms with E-state index in [4.69, 9.17) is 4.74 Å². The van der Waals surface area contributed by atoms with E-state index in [1.165, 1.54) is 6.92 Å². The molecule has 1 saturated heterocycles. The first-order valence-electron chi connectivity index (χ1n) is 4.51. The Labute approximate surface area is 82.0 Å². The highest BCUT2D eigenvalue weighted by molar-refractivity contribution is 5.96. The summed E-state index contributed by atoms with van der Waals surface area (Å²) < 4.78 is 4.92. The van der Waals surface area contributed by atoms with Gasteiger partial charge in [0.1, 0.15) is 12.4 Å². The molecule has 0 atom stereocenters. The van der Waals surface area contributed by atoms with Crippen molar-refractivity contribution in [1.29, 1.82) is 0 Å². The molecule has 0 saturated carbocycles. The molecule has 0 aliphatic carbocycles. The number of nitrogens with zero attached hydrogens (tertiary/aromatic N) is 1. The second-order valence-corrected chi connectivity index (χ2v) is 3.19. The average Bonchev–Trinajstić information content (AvgIpc) is 2.25. The summed E-state index contributed by atoms with van der Waals surface area (Å²) in [6, 6.07) is 0. The van der Waals surface area contributed by atoms with E-state index in [0.717, 1.165) is 4.90 Å². The zero-order valence-electron chi connectivity index (χ0n) is 8.12. The minimum absolute atomic E-state index is 0.0317. The Balaban J connectivity index is 2.56. The van der Waals surface area contributed by atoms with Crippen LogP contribution >= 0.6 is 0 Å². The summed E-state index contributed by atoms with van der Waals surface area (Å²) in [4.78, 5) is 34.5. The molecule has 1 heterocycles. The summed E-state index contributed by atoms with van der Waals surface area (Å²) in [6.07, 6.45) is 0.432. The van der Waals surface area contributed by atoms with Crippen molar-refractivity contribution in [3.8, 4) is 0 Å². The van der Waals surface area contributed by atoms with Gasteiger partial charge in [0.05, 0.1) is 13.0 Å². The quantitative estimate of drug-likeness (QED) is 0.587. The fourth-order valence-corrected chi connectivity index (χ4v) is 1.19. The normalized spacial score (nSPS) is 18.2. The molecule has 0 bridgehead atoms. The summed E-state index contributed by atoms with van der Waals surface area (Å²) in [7, 11) is 0. The van der Waals surface area contributed by atoms with Crippen LogP contribution in [0, 0.1) is 0 Å². The molecule has 1 rings (SSSR count). The molecule has 1 fully saturated rings. The Hall–Kier alpha value is -1.23. The Morgan fingerprint density at radius 2 is 2.14 bits per heavy atom. The maximum Gasteiger partial charge on any atom is 0.255 e. The molecule has 5 heteroatoms. The highest BCUT2D eigenvalue weighted by atomic mass is 16.5. The molecule has 0 aromatic rings. The second kappa shape index (κ2) is 4.85. The first-order chi connectivity index (χ1) is 6.61. The average molecular weight is 199 g/mol. The molecule has 5 nitrogen and oxygen atoms in total. The smallest absolute Gasteiger partial charge is 0.255 e. The van der Waals surface area contributed by atoms with Gasteiger partial charge in [0.2, 0.25) is 5.91 Å². The number of carbonyl (C=O) groups excluding carboxylic acids is 3. The lowest BCUT2D eigenvalue weighted by molar-refractivity contribution is -0.144. The molecule has 0 unspecified atom stereocenters. The zero-order valence-corrected chi connectivity index (χ0v) is 8.12. The number of amides is 2. The van der Waals surface area contributed by atoms with E-state index in [0.29, 0.717) is 0 Å². The highest BCUT2D eigenvalue weighted by Crippen LogP contribution is 2.03. The van der Waals surface area contributed by atoms with Gasteiger partial charge in [-0.25, -0.2) is 0 Å². The van der Waals surface area contributed by atoms with Crippen molar-refractivity contribution in [1.82, 2.24) is 4.90 Å². The van der Waals surface area contributed by atoms with Gasteiger partial charge in [0.25, 0.3) is 5.91 Å². The number of carbonyl (C=O) groups is 3. The van der Waals surface area contributed by atoms with Crippen LogP contribution in [0.2, 0.25) is 0 Å². The molecule has 0 radical (unpaired) electrons. The maximum atomic E-state index is 11.4. The van der Waals surface area contributed by atoms with Crippen LogP contribution in [0.15, 0.2) is 0 Å². The third kappa shape index (κ3) is 2.92. The highest BCUT2D eigenvalue weighted by Gasteiger charge is 2.24. The molecular weight excluding hydrogens is 186 g/mol. The second-order valence-electron chi connectivity index (χ2n) is 3.19. The van der Waals surface area contributed by atoms with Crippen LogP contribution < -0.4 is 0 Å². The number of rotatable bonds is 3. The Morgan fingerprint density at radius 1 is 1.43 bits per heavy atom. The molecule has 78 valence electrons. The van der Waals surface area contributed by atoms with E-state index in [-0.39, 0.29) is 50.2 Å². The fraction of sp³-hybridized carbons (Fsp3) is 0.667. The predicted molar refractivity (Wildman–Crippen MR) is 47.5 cm³/mol. The van der Waals surface area contributed by atoms with Gasteiger partial charge in [0.15, 0.2) is 0 Å². The third-order valence-corrected chi connectivity index (χ3v) is 1.98. The van der Waals surface area contributed by atoms with Crippen LogP contribution in [-0.2, 0) is 19.1 Å². The first-order valence-corrected chi connectivity index (χ1v) is 4.51. The Morgan fingerprint density at radius 3 is 2.79 bits per heavy atom. The van der Waals surface area contributed by atoms with E-state index in [2.05, 4.69) is 0 Å². The van der Waals surface area contributed by atoms with Crippen molar-refractivity contribution in [2.75, 3.05) is 19.8 Å². The lowest BCUT2D eigenvalue weighted by Crippen LogP contribution is -2.38. The van der Waals surface area contributed by atoms with Crippen molar-refractivity contribution in [3.63, 3.8) is 0 Å². The lowest BCUT2D eigenvalue weighted by Gasteiger charge is -2.16. The molecule has 0 aromatic carbocycles. The lowest BCUT2D eigenvalue weighted by atomic mass is 10.2. The molecule has 2 amide bonds. The summed E-state index contributed by atoms with van der Waals surface area (Å²) in [5, 5.41) is 0. The maximum absolute atomic E-state index is 11.4. The number of ether oxygens (including phenoxy) is 1.